The first-order valence-electron chi connectivity index (χ1n) is 5.59. The Morgan fingerprint density at radius 1 is 1.24 bits per heavy atom. The molecule has 1 heterocycles. The van der Waals surface area contributed by atoms with E-state index < -0.39 is 0 Å². The highest BCUT2D eigenvalue weighted by molar-refractivity contribution is 5.61. The van der Waals surface area contributed by atoms with Gasteiger partial charge in [-0.2, -0.15) is 0 Å². The smallest absolute Gasteiger partial charge is 0.141 e. The van der Waals surface area contributed by atoms with Crippen LogP contribution in [0.2, 0.25) is 0 Å². The summed E-state index contributed by atoms with van der Waals surface area (Å²) in [5.41, 5.74) is 1.79. The van der Waals surface area contributed by atoms with E-state index in [1.54, 1.807) is 6.20 Å². The van der Waals surface area contributed by atoms with Gasteiger partial charge in [-0.15, -0.1) is 0 Å². The number of aliphatic hydroxyl groups excluding tert-OH is 1. The minimum absolute atomic E-state index is 0.0560. The van der Waals surface area contributed by atoms with Crippen LogP contribution in [0.1, 0.15) is 12.5 Å². The Hall–Kier alpha value is -1.94. The summed E-state index contributed by atoms with van der Waals surface area (Å²) in [4.78, 5) is 10.2. The molecule has 0 saturated carbocycles. The van der Waals surface area contributed by atoms with Gasteiger partial charge in [-0.05, 0) is 19.1 Å². The van der Waals surface area contributed by atoms with Gasteiger partial charge in [-0.25, -0.2) is 9.97 Å². The van der Waals surface area contributed by atoms with Crippen molar-refractivity contribution >= 4 is 11.5 Å². The summed E-state index contributed by atoms with van der Waals surface area (Å²) >= 11 is 0. The van der Waals surface area contributed by atoms with E-state index in [1.165, 1.54) is 6.33 Å². The van der Waals surface area contributed by atoms with Crippen LogP contribution < -0.4 is 4.90 Å². The van der Waals surface area contributed by atoms with Crippen molar-refractivity contribution in [2.75, 3.05) is 11.4 Å². The first kappa shape index (κ1) is 11.5. The number of para-hydroxylation sites is 1. The Kier molecular flexibility index (Phi) is 3.67. The lowest BCUT2D eigenvalue weighted by Gasteiger charge is -2.23. The van der Waals surface area contributed by atoms with Crippen molar-refractivity contribution in [3.63, 3.8) is 0 Å². The number of anilines is 2. The molecule has 0 aliphatic heterocycles. The Bertz CT molecular complexity index is 473. The van der Waals surface area contributed by atoms with Gasteiger partial charge >= 0.3 is 0 Å². The van der Waals surface area contributed by atoms with Crippen LogP contribution in [0.15, 0.2) is 42.9 Å². The Balaban J connectivity index is 2.42. The van der Waals surface area contributed by atoms with Crippen molar-refractivity contribution in [3.05, 3.63) is 48.4 Å². The third-order valence-corrected chi connectivity index (χ3v) is 2.57. The highest BCUT2D eigenvalue weighted by Crippen LogP contribution is 2.25. The van der Waals surface area contributed by atoms with Crippen LogP contribution in [0.4, 0.5) is 11.5 Å². The summed E-state index contributed by atoms with van der Waals surface area (Å²) in [5, 5.41) is 9.30. The van der Waals surface area contributed by atoms with Crippen molar-refractivity contribution in [2.24, 2.45) is 0 Å². The van der Waals surface area contributed by atoms with E-state index in [0.29, 0.717) is 0 Å². The number of hydrogen-bond donors (Lipinski definition) is 1. The predicted octanol–water partition coefficient (Wildman–Crippen LogP) is 2.13. The van der Waals surface area contributed by atoms with Crippen LogP contribution in [-0.4, -0.2) is 21.6 Å². The SMILES string of the molecule is CCN(c1ccccc1)c1ncncc1CO. The molecule has 4 nitrogen and oxygen atoms in total. The monoisotopic (exact) mass is 229 g/mol. The number of aliphatic hydroxyl groups is 1. The molecular formula is C13H15N3O. The zero-order valence-electron chi connectivity index (χ0n) is 9.74. The second-order valence-electron chi connectivity index (χ2n) is 3.61. The molecule has 88 valence electrons. The van der Waals surface area contributed by atoms with Crippen molar-refractivity contribution in [3.8, 4) is 0 Å². The van der Waals surface area contributed by atoms with Crippen LogP contribution >= 0.6 is 0 Å². The van der Waals surface area contributed by atoms with Gasteiger partial charge in [-0.3, -0.25) is 0 Å². The van der Waals surface area contributed by atoms with Crippen LogP contribution in [0.25, 0.3) is 0 Å². The molecule has 0 aliphatic rings. The van der Waals surface area contributed by atoms with E-state index >= 15 is 0 Å². The lowest BCUT2D eigenvalue weighted by molar-refractivity contribution is 0.281. The number of benzene rings is 1. The molecule has 0 radical (unpaired) electrons. The molecule has 2 rings (SSSR count). The second-order valence-corrected chi connectivity index (χ2v) is 3.61. The average molecular weight is 229 g/mol. The number of aromatic nitrogens is 2. The lowest BCUT2D eigenvalue weighted by Crippen LogP contribution is -2.19. The Morgan fingerprint density at radius 2 is 2.00 bits per heavy atom. The van der Waals surface area contributed by atoms with Crippen molar-refractivity contribution in [2.45, 2.75) is 13.5 Å². The summed E-state index contributed by atoms with van der Waals surface area (Å²) in [5.74, 6) is 0.760. The molecule has 0 fully saturated rings. The molecular weight excluding hydrogens is 214 g/mol. The third-order valence-electron chi connectivity index (χ3n) is 2.57. The van der Waals surface area contributed by atoms with E-state index in [-0.39, 0.29) is 6.61 Å². The van der Waals surface area contributed by atoms with E-state index in [1.807, 2.05) is 35.2 Å². The average Bonchev–Trinajstić information content (AvgIpc) is 2.41. The maximum absolute atomic E-state index is 9.30. The number of nitrogens with zero attached hydrogens (tertiary/aromatic N) is 3. The zero-order valence-corrected chi connectivity index (χ0v) is 9.74. The standard InChI is InChI=1S/C13H15N3O/c1-2-16(12-6-4-3-5-7-12)13-11(9-17)8-14-10-15-13/h3-8,10,17H,2,9H2,1H3. The predicted molar refractivity (Wildman–Crippen MR) is 67.1 cm³/mol. The highest BCUT2D eigenvalue weighted by atomic mass is 16.3. The minimum Gasteiger partial charge on any atom is -0.391 e. The second kappa shape index (κ2) is 5.41. The maximum Gasteiger partial charge on any atom is 0.141 e. The third kappa shape index (κ3) is 2.42. The largest absolute Gasteiger partial charge is 0.391 e. The number of hydrogen-bond acceptors (Lipinski definition) is 4. The van der Waals surface area contributed by atoms with E-state index in [4.69, 9.17) is 0 Å². The van der Waals surface area contributed by atoms with E-state index in [2.05, 4.69) is 16.9 Å². The van der Waals surface area contributed by atoms with E-state index in [9.17, 15) is 5.11 Å². The van der Waals surface area contributed by atoms with Gasteiger partial charge in [0.2, 0.25) is 0 Å². The molecule has 4 heteroatoms. The van der Waals surface area contributed by atoms with E-state index in [0.717, 1.165) is 23.6 Å². The normalized spacial score (nSPS) is 10.2. The fourth-order valence-electron chi connectivity index (χ4n) is 1.77. The van der Waals surface area contributed by atoms with Crippen molar-refractivity contribution < 1.29 is 5.11 Å². The molecule has 0 amide bonds. The molecule has 1 aromatic carbocycles. The summed E-state index contributed by atoms with van der Waals surface area (Å²) in [7, 11) is 0. The molecule has 1 aromatic heterocycles. The molecule has 0 atom stereocenters. The zero-order chi connectivity index (χ0) is 12.1. The molecule has 0 spiro atoms. The Morgan fingerprint density at radius 3 is 2.65 bits per heavy atom. The van der Waals surface area contributed by atoms with Crippen molar-refractivity contribution in [1.82, 2.24) is 9.97 Å². The van der Waals surface area contributed by atoms with Crippen LogP contribution in [0.5, 0.6) is 0 Å². The van der Waals surface area contributed by atoms with Crippen molar-refractivity contribution in [1.29, 1.82) is 0 Å². The molecule has 0 saturated heterocycles. The van der Waals surface area contributed by atoms with Crippen LogP contribution in [0.3, 0.4) is 0 Å². The summed E-state index contributed by atoms with van der Waals surface area (Å²) < 4.78 is 0. The number of rotatable bonds is 4. The quantitative estimate of drug-likeness (QED) is 0.872. The van der Waals surface area contributed by atoms with Gasteiger partial charge in [0.05, 0.1) is 6.61 Å². The molecule has 17 heavy (non-hydrogen) atoms. The minimum atomic E-state index is -0.0560. The van der Waals surface area contributed by atoms with Gasteiger partial charge in [0.15, 0.2) is 0 Å². The Labute approximate surface area is 101 Å². The van der Waals surface area contributed by atoms with Gasteiger partial charge in [0, 0.05) is 24.0 Å². The lowest BCUT2D eigenvalue weighted by atomic mass is 10.2. The van der Waals surface area contributed by atoms with Crippen LogP contribution in [0, 0.1) is 0 Å². The van der Waals surface area contributed by atoms with Gasteiger partial charge in [-0.1, -0.05) is 18.2 Å². The molecule has 0 aliphatic carbocycles. The summed E-state index contributed by atoms with van der Waals surface area (Å²) in [6, 6.07) is 9.99. The fraction of sp³-hybridized carbons (Fsp3) is 0.231. The summed E-state index contributed by atoms with van der Waals surface area (Å²) in [6.45, 7) is 2.78. The molecule has 1 N–H and O–H groups in total. The molecule has 0 bridgehead atoms. The maximum atomic E-state index is 9.30. The van der Waals surface area contributed by atoms with Gasteiger partial charge < -0.3 is 10.0 Å². The fourth-order valence-corrected chi connectivity index (χ4v) is 1.77. The first-order chi connectivity index (χ1) is 8.36. The van der Waals surface area contributed by atoms with Crippen LogP contribution in [-0.2, 0) is 6.61 Å². The van der Waals surface area contributed by atoms with Gasteiger partial charge in [0.25, 0.3) is 0 Å². The topological polar surface area (TPSA) is 49.2 Å². The highest BCUT2D eigenvalue weighted by Gasteiger charge is 2.12. The van der Waals surface area contributed by atoms with Gasteiger partial charge in [0.1, 0.15) is 12.1 Å². The first-order valence-corrected chi connectivity index (χ1v) is 5.59. The summed E-state index contributed by atoms with van der Waals surface area (Å²) in [6.07, 6.45) is 3.15. The molecule has 2 aromatic rings. The molecule has 0 unspecified atom stereocenters.